The fourth-order valence-corrected chi connectivity index (χ4v) is 4.72. The molecule has 0 unspecified atom stereocenters. The number of benzene rings is 1. The number of hydrogen-bond donors (Lipinski definition) is 0. The van der Waals surface area contributed by atoms with Crippen LogP contribution in [-0.2, 0) is 11.2 Å². The van der Waals surface area contributed by atoms with Crippen molar-refractivity contribution in [1.82, 2.24) is 0 Å². The van der Waals surface area contributed by atoms with Crippen LogP contribution in [0.2, 0.25) is 0 Å². The molecule has 0 saturated carbocycles. The fourth-order valence-electron chi connectivity index (χ4n) is 2.15. The summed E-state index contributed by atoms with van der Waals surface area (Å²) in [5.74, 6) is -0.827. The van der Waals surface area contributed by atoms with Crippen LogP contribution < -0.4 is 40.1 Å². The standard InChI is InChI=1S/C15H8Br2O4S.Na/c16-9-5-12(17)22-15(9)11-6-10(18)8-3-1-2-7(4-13(19)20)14(8)21-11;/h1-3,5-6H,4H2,(H,19,20);/q;+1/p-1. The predicted octanol–water partition coefficient (Wildman–Crippen LogP) is 0.343. The van der Waals surface area contributed by atoms with Crippen molar-refractivity contribution in [2.45, 2.75) is 6.42 Å². The molecule has 0 atom stereocenters. The van der Waals surface area contributed by atoms with E-state index in [9.17, 15) is 14.7 Å². The van der Waals surface area contributed by atoms with Crippen LogP contribution in [0.1, 0.15) is 5.56 Å². The van der Waals surface area contributed by atoms with Gasteiger partial charge in [-0.05, 0) is 44.0 Å². The second-order valence-corrected chi connectivity index (χ2v) is 7.83. The first-order valence-corrected chi connectivity index (χ1v) is 8.57. The van der Waals surface area contributed by atoms with E-state index in [0.717, 1.165) is 13.1 Å². The zero-order chi connectivity index (χ0) is 15.9. The average Bonchev–Trinajstić information content (AvgIpc) is 2.78. The molecular formula is C15H7Br2NaO4S. The van der Waals surface area contributed by atoms with Crippen molar-refractivity contribution in [3.05, 3.63) is 54.4 Å². The van der Waals surface area contributed by atoms with Crippen LogP contribution >= 0.6 is 43.2 Å². The number of halogens is 2. The van der Waals surface area contributed by atoms with Gasteiger partial charge in [0.25, 0.3) is 0 Å². The minimum Gasteiger partial charge on any atom is -0.550 e. The summed E-state index contributed by atoms with van der Waals surface area (Å²) in [5.41, 5.74) is 0.488. The van der Waals surface area contributed by atoms with E-state index in [1.807, 2.05) is 6.07 Å². The van der Waals surface area contributed by atoms with Gasteiger partial charge in [0.05, 0.1) is 14.0 Å². The molecule has 112 valence electrons. The quantitative estimate of drug-likeness (QED) is 0.523. The molecule has 0 saturated heterocycles. The van der Waals surface area contributed by atoms with E-state index in [2.05, 4.69) is 31.9 Å². The molecule has 2 aromatic heterocycles. The number of carboxylic acid groups (broad SMARTS) is 1. The van der Waals surface area contributed by atoms with Crippen molar-refractivity contribution in [3.63, 3.8) is 0 Å². The van der Waals surface area contributed by atoms with Gasteiger partial charge < -0.3 is 14.3 Å². The third-order valence-corrected chi connectivity index (χ3v) is 5.59. The zero-order valence-electron chi connectivity index (χ0n) is 11.9. The Morgan fingerprint density at radius 1 is 1.26 bits per heavy atom. The van der Waals surface area contributed by atoms with Gasteiger partial charge in [-0.25, -0.2) is 0 Å². The van der Waals surface area contributed by atoms with Crippen molar-refractivity contribution in [1.29, 1.82) is 0 Å². The second kappa shape index (κ2) is 7.63. The van der Waals surface area contributed by atoms with Gasteiger partial charge in [0.2, 0.25) is 0 Å². The molecule has 0 aliphatic carbocycles. The maximum atomic E-state index is 12.3. The minimum atomic E-state index is -1.22. The molecule has 23 heavy (non-hydrogen) atoms. The van der Waals surface area contributed by atoms with Gasteiger partial charge in [-0.3, -0.25) is 4.79 Å². The topological polar surface area (TPSA) is 70.3 Å². The molecular weight excluding hydrogens is 459 g/mol. The van der Waals surface area contributed by atoms with Gasteiger partial charge in [0, 0.05) is 28.5 Å². The Labute approximate surface area is 174 Å². The van der Waals surface area contributed by atoms with Crippen LogP contribution in [0.5, 0.6) is 0 Å². The second-order valence-electron chi connectivity index (χ2n) is 4.55. The van der Waals surface area contributed by atoms with Crippen LogP contribution in [0.3, 0.4) is 0 Å². The Morgan fingerprint density at radius 2 is 2.00 bits per heavy atom. The number of carbonyl (C=O) groups excluding carboxylic acids is 1. The number of hydrogen-bond acceptors (Lipinski definition) is 5. The molecule has 0 amide bonds. The maximum Gasteiger partial charge on any atom is 1.00 e. The number of thiophene rings is 1. The zero-order valence-corrected chi connectivity index (χ0v) is 17.9. The third-order valence-electron chi connectivity index (χ3n) is 3.05. The van der Waals surface area contributed by atoms with E-state index in [0.29, 0.717) is 16.7 Å². The third kappa shape index (κ3) is 3.97. The van der Waals surface area contributed by atoms with Crippen LogP contribution in [0.15, 0.2) is 47.8 Å². The Balaban J connectivity index is 0.00000192. The molecule has 0 fully saturated rings. The molecule has 8 heteroatoms. The molecule has 0 aliphatic rings. The molecule has 0 aliphatic heterocycles. The summed E-state index contributed by atoms with van der Waals surface area (Å²) < 4.78 is 7.51. The smallest absolute Gasteiger partial charge is 0.550 e. The number of aliphatic carboxylic acids is 1. The van der Waals surface area contributed by atoms with Crippen molar-refractivity contribution < 1.29 is 43.9 Å². The molecule has 0 radical (unpaired) electrons. The first kappa shape index (κ1) is 18.9. The van der Waals surface area contributed by atoms with Crippen molar-refractivity contribution >= 4 is 60.1 Å². The monoisotopic (exact) mass is 464 g/mol. The summed E-state index contributed by atoms with van der Waals surface area (Å²) in [5, 5.41) is 11.2. The Hall–Kier alpha value is -0.440. The van der Waals surface area contributed by atoms with E-state index in [4.69, 9.17) is 4.42 Å². The molecule has 0 N–H and O–H groups in total. The predicted molar refractivity (Wildman–Crippen MR) is 89.9 cm³/mol. The molecule has 2 heterocycles. The van der Waals surface area contributed by atoms with Crippen LogP contribution in [0.4, 0.5) is 0 Å². The molecule has 3 aromatic rings. The van der Waals surface area contributed by atoms with Crippen LogP contribution in [-0.4, -0.2) is 5.97 Å². The summed E-state index contributed by atoms with van der Waals surface area (Å²) in [4.78, 5) is 23.9. The maximum absolute atomic E-state index is 12.3. The molecule has 0 bridgehead atoms. The first-order chi connectivity index (χ1) is 10.5. The van der Waals surface area contributed by atoms with Gasteiger partial charge in [0.1, 0.15) is 11.3 Å². The summed E-state index contributed by atoms with van der Waals surface area (Å²) in [7, 11) is 0. The van der Waals surface area contributed by atoms with Gasteiger partial charge in [-0.2, -0.15) is 0 Å². The Morgan fingerprint density at radius 3 is 2.61 bits per heavy atom. The minimum absolute atomic E-state index is 0. The first-order valence-electron chi connectivity index (χ1n) is 6.16. The fraction of sp³-hybridized carbons (Fsp3) is 0.0667. The van der Waals surface area contributed by atoms with Crippen LogP contribution in [0.25, 0.3) is 21.6 Å². The average molecular weight is 466 g/mol. The number of para-hydroxylation sites is 1. The summed E-state index contributed by atoms with van der Waals surface area (Å²) in [6.07, 6.45) is -0.307. The number of carboxylic acids is 1. The van der Waals surface area contributed by atoms with Crippen molar-refractivity contribution in [3.8, 4) is 10.6 Å². The molecule has 3 rings (SSSR count). The van der Waals surface area contributed by atoms with Gasteiger partial charge >= 0.3 is 29.6 Å². The SMILES string of the molecule is O=C([O-])Cc1cccc2c(=O)cc(-c3sc(Br)cc3Br)oc12.[Na+]. The normalized spacial score (nSPS) is 10.5. The molecule has 4 nitrogen and oxygen atoms in total. The van der Waals surface area contributed by atoms with E-state index < -0.39 is 5.97 Å². The summed E-state index contributed by atoms with van der Waals surface area (Å²) in [6.45, 7) is 0. The summed E-state index contributed by atoms with van der Waals surface area (Å²) >= 11 is 8.21. The van der Waals surface area contributed by atoms with E-state index in [-0.39, 0.29) is 47.0 Å². The molecule has 0 spiro atoms. The largest absolute Gasteiger partial charge is 1.00 e. The van der Waals surface area contributed by atoms with Gasteiger partial charge in [-0.15, -0.1) is 11.3 Å². The Kier molecular flexibility index (Phi) is 6.27. The van der Waals surface area contributed by atoms with Crippen LogP contribution in [0, 0.1) is 0 Å². The number of rotatable bonds is 3. The van der Waals surface area contributed by atoms with Crippen molar-refractivity contribution in [2.75, 3.05) is 0 Å². The molecule has 1 aromatic carbocycles. The summed E-state index contributed by atoms with van der Waals surface area (Å²) in [6, 6.07) is 8.13. The Bertz CT molecular complexity index is 948. The van der Waals surface area contributed by atoms with E-state index in [1.165, 1.54) is 17.4 Å². The van der Waals surface area contributed by atoms with E-state index >= 15 is 0 Å². The van der Waals surface area contributed by atoms with Crippen molar-refractivity contribution in [2.24, 2.45) is 0 Å². The number of fused-ring (bicyclic) bond motifs is 1. The van der Waals surface area contributed by atoms with E-state index in [1.54, 1.807) is 18.2 Å². The number of carbonyl (C=O) groups is 1. The van der Waals surface area contributed by atoms with Gasteiger partial charge in [0.15, 0.2) is 5.43 Å². The van der Waals surface area contributed by atoms with Gasteiger partial charge in [-0.1, -0.05) is 12.1 Å².